The molecule has 8 heteroatoms. The second-order valence-electron chi connectivity index (χ2n) is 3.55. The molecule has 3 N–H and O–H groups in total. The van der Waals surface area contributed by atoms with E-state index < -0.39 is 24.1 Å². The van der Waals surface area contributed by atoms with E-state index in [-0.39, 0.29) is 26.7 Å². The van der Waals surface area contributed by atoms with E-state index in [4.69, 9.17) is 9.47 Å². The molecule has 0 fully saturated rings. The van der Waals surface area contributed by atoms with Gasteiger partial charge >= 0.3 is 5.97 Å². The summed E-state index contributed by atoms with van der Waals surface area (Å²) in [6.45, 7) is 5.52. The molecule has 0 aromatic heterocycles. The Balaban J connectivity index is 3.62. The van der Waals surface area contributed by atoms with Crippen LogP contribution in [0.1, 0.15) is 0 Å². The zero-order valence-electron chi connectivity index (χ0n) is 11.0. The van der Waals surface area contributed by atoms with Gasteiger partial charge in [0.25, 0.3) is 0 Å². The van der Waals surface area contributed by atoms with Gasteiger partial charge < -0.3 is 29.7 Å². The average Bonchev–Trinajstić information content (AvgIpc) is 2.46. The van der Waals surface area contributed by atoms with Crippen LogP contribution in [0.5, 0.6) is 0 Å². The maximum atomic E-state index is 10.8. The molecule has 0 aliphatic carbocycles. The highest BCUT2D eigenvalue weighted by Crippen LogP contribution is 1.96. The molecule has 0 aliphatic rings. The van der Waals surface area contributed by atoms with Gasteiger partial charge in [-0.3, -0.25) is 4.79 Å². The molecule has 1 amide bonds. The molecule has 0 aromatic carbocycles. The van der Waals surface area contributed by atoms with Crippen LogP contribution in [0.15, 0.2) is 25.3 Å². The SMILES string of the molecule is C=CC(=O)NCOCC(O)C(O)COCOC(=O)C=C. The van der Waals surface area contributed by atoms with Crippen LogP contribution in [0.3, 0.4) is 0 Å². The van der Waals surface area contributed by atoms with Gasteiger partial charge in [-0.05, 0) is 6.08 Å². The molecule has 0 saturated heterocycles. The lowest BCUT2D eigenvalue weighted by Crippen LogP contribution is -2.36. The van der Waals surface area contributed by atoms with E-state index in [0.717, 1.165) is 12.2 Å². The van der Waals surface area contributed by atoms with Gasteiger partial charge in [-0.25, -0.2) is 4.79 Å². The normalized spacial score (nSPS) is 13.1. The standard InChI is InChI=1S/C12H19NO7/c1-3-11(16)13-7-18-5-9(14)10(15)6-19-8-20-12(17)4-2/h3-4,9-10,14-15H,1-2,5-8H2,(H,13,16). The minimum Gasteiger partial charge on any atom is -0.435 e. The summed E-state index contributed by atoms with van der Waals surface area (Å²) in [6, 6.07) is 0. The number of ether oxygens (including phenoxy) is 3. The fourth-order valence-electron chi connectivity index (χ4n) is 0.924. The summed E-state index contributed by atoms with van der Waals surface area (Å²) in [6.07, 6.45) is -0.370. The summed E-state index contributed by atoms with van der Waals surface area (Å²) in [7, 11) is 0. The summed E-state index contributed by atoms with van der Waals surface area (Å²) < 4.78 is 14.2. The van der Waals surface area contributed by atoms with Gasteiger partial charge in [0.15, 0.2) is 6.79 Å². The summed E-state index contributed by atoms with van der Waals surface area (Å²) >= 11 is 0. The molecule has 0 spiro atoms. The molecule has 2 atom stereocenters. The van der Waals surface area contributed by atoms with Gasteiger partial charge in [-0.2, -0.15) is 0 Å². The van der Waals surface area contributed by atoms with E-state index in [1.54, 1.807) is 0 Å². The number of hydrogen-bond donors (Lipinski definition) is 3. The van der Waals surface area contributed by atoms with Crippen LogP contribution in [0.4, 0.5) is 0 Å². The smallest absolute Gasteiger partial charge is 0.332 e. The Morgan fingerprint density at radius 1 is 1.10 bits per heavy atom. The second-order valence-corrected chi connectivity index (χ2v) is 3.55. The topological polar surface area (TPSA) is 114 Å². The second kappa shape index (κ2) is 11.1. The van der Waals surface area contributed by atoms with Crippen molar-refractivity contribution in [3.05, 3.63) is 25.3 Å². The van der Waals surface area contributed by atoms with E-state index in [1.165, 1.54) is 0 Å². The van der Waals surface area contributed by atoms with Crippen LogP contribution >= 0.6 is 0 Å². The highest BCUT2D eigenvalue weighted by Gasteiger charge is 2.16. The molecule has 0 rings (SSSR count). The first kappa shape index (κ1) is 18.3. The Kier molecular flexibility index (Phi) is 10.2. The van der Waals surface area contributed by atoms with Gasteiger partial charge in [0, 0.05) is 6.08 Å². The largest absolute Gasteiger partial charge is 0.435 e. The van der Waals surface area contributed by atoms with E-state index in [2.05, 4.69) is 23.2 Å². The summed E-state index contributed by atoms with van der Waals surface area (Å²) in [5.74, 6) is -1.06. The first-order chi connectivity index (χ1) is 9.51. The quantitative estimate of drug-likeness (QED) is 0.187. The van der Waals surface area contributed by atoms with E-state index in [0.29, 0.717) is 0 Å². The van der Waals surface area contributed by atoms with Crippen LogP contribution in [-0.4, -0.2) is 61.0 Å². The Morgan fingerprint density at radius 3 is 2.25 bits per heavy atom. The van der Waals surface area contributed by atoms with Crippen molar-refractivity contribution in [2.24, 2.45) is 0 Å². The predicted octanol–water partition coefficient (Wildman–Crippen LogP) is -1.31. The average molecular weight is 289 g/mol. The van der Waals surface area contributed by atoms with Gasteiger partial charge in [0.05, 0.1) is 13.2 Å². The molecule has 0 aromatic rings. The minimum absolute atomic E-state index is 0.119. The molecule has 0 heterocycles. The Labute approximate surface area is 116 Å². The van der Waals surface area contributed by atoms with Crippen molar-refractivity contribution in [3.63, 3.8) is 0 Å². The lowest BCUT2D eigenvalue weighted by Gasteiger charge is -2.17. The van der Waals surface area contributed by atoms with Crippen molar-refractivity contribution >= 4 is 11.9 Å². The van der Waals surface area contributed by atoms with Crippen molar-refractivity contribution in [2.45, 2.75) is 12.2 Å². The maximum Gasteiger partial charge on any atom is 0.332 e. The van der Waals surface area contributed by atoms with Crippen LogP contribution in [0.2, 0.25) is 0 Å². The summed E-state index contributed by atoms with van der Waals surface area (Å²) in [4.78, 5) is 21.4. The fourth-order valence-corrected chi connectivity index (χ4v) is 0.924. The van der Waals surface area contributed by atoms with Crippen LogP contribution in [0, 0.1) is 0 Å². The molecule has 0 saturated carbocycles. The zero-order valence-corrected chi connectivity index (χ0v) is 11.0. The third-order valence-corrected chi connectivity index (χ3v) is 2.01. The molecular formula is C12H19NO7. The number of carbonyl (C=O) groups is 2. The Morgan fingerprint density at radius 2 is 1.70 bits per heavy atom. The summed E-state index contributed by atoms with van der Waals surface area (Å²) in [5.41, 5.74) is 0. The number of hydrogen-bond acceptors (Lipinski definition) is 7. The summed E-state index contributed by atoms with van der Waals surface area (Å²) in [5, 5.41) is 21.3. The van der Waals surface area contributed by atoms with Crippen molar-refractivity contribution in [3.8, 4) is 0 Å². The number of carbonyl (C=O) groups excluding carboxylic acids is 2. The minimum atomic E-state index is -1.22. The number of esters is 1. The number of aliphatic hydroxyl groups excluding tert-OH is 2. The number of nitrogens with one attached hydrogen (secondary N) is 1. The molecule has 0 aliphatic heterocycles. The lowest BCUT2D eigenvalue weighted by atomic mass is 10.2. The molecule has 0 radical (unpaired) electrons. The molecular weight excluding hydrogens is 270 g/mol. The van der Waals surface area contributed by atoms with Gasteiger partial charge in [0.2, 0.25) is 5.91 Å². The first-order valence-corrected chi connectivity index (χ1v) is 5.72. The van der Waals surface area contributed by atoms with Crippen molar-refractivity contribution in [1.82, 2.24) is 5.32 Å². The van der Waals surface area contributed by atoms with Crippen LogP contribution < -0.4 is 5.32 Å². The van der Waals surface area contributed by atoms with Crippen molar-refractivity contribution < 1.29 is 34.0 Å². The van der Waals surface area contributed by atoms with Gasteiger partial charge in [-0.1, -0.05) is 13.2 Å². The van der Waals surface area contributed by atoms with E-state index in [1.807, 2.05) is 0 Å². The van der Waals surface area contributed by atoms with Crippen molar-refractivity contribution in [1.29, 1.82) is 0 Å². The fraction of sp³-hybridized carbons (Fsp3) is 0.500. The molecule has 2 unspecified atom stereocenters. The van der Waals surface area contributed by atoms with Gasteiger partial charge in [0.1, 0.15) is 18.9 Å². The third kappa shape index (κ3) is 9.22. The molecule has 8 nitrogen and oxygen atoms in total. The first-order valence-electron chi connectivity index (χ1n) is 5.72. The molecule has 114 valence electrons. The maximum absolute atomic E-state index is 10.8. The monoisotopic (exact) mass is 289 g/mol. The number of amides is 1. The third-order valence-electron chi connectivity index (χ3n) is 2.01. The molecule has 20 heavy (non-hydrogen) atoms. The van der Waals surface area contributed by atoms with Crippen molar-refractivity contribution in [2.75, 3.05) is 26.7 Å². The zero-order chi connectivity index (χ0) is 15.4. The lowest BCUT2D eigenvalue weighted by molar-refractivity contribution is -0.155. The number of aliphatic hydroxyl groups is 2. The predicted molar refractivity (Wildman–Crippen MR) is 68.3 cm³/mol. The van der Waals surface area contributed by atoms with Crippen LogP contribution in [-0.2, 0) is 23.8 Å². The van der Waals surface area contributed by atoms with E-state index in [9.17, 15) is 19.8 Å². The number of rotatable bonds is 11. The Hall–Kier alpha value is -1.74. The van der Waals surface area contributed by atoms with Crippen LogP contribution in [0.25, 0.3) is 0 Å². The molecule has 0 bridgehead atoms. The van der Waals surface area contributed by atoms with Gasteiger partial charge in [-0.15, -0.1) is 0 Å². The Bertz CT molecular complexity index is 300. The highest BCUT2D eigenvalue weighted by molar-refractivity contribution is 5.86. The van der Waals surface area contributed by atoms with E-state index >= 15 is 0 Å². The highest BCUT2D eigenvalue weighted by atomic mass is 16.7.